The van der Waals surface area contributed by atoms with Crippen molar-refractivity contribution in [3.8, 4) is 0 Å². The Bertz CT molecular complexity index is 668. The number of aryl methyl sites for hydroxylation is 3. The summed E-state index contributed by atoms with van der Waals surface area (Å²) in [5.41, 5.74) is 4.69. The van der Waals surface area contributed by atoms with Crippen LogP contribution in [0, 0.1) is 20.8 Å². The lowest BCUT2D eigenvalue weighted by Crippen LogP contribution is -2.40. The molecule has 0 aliphatic rings. The van der Waals surface area contributed by atoms with E-state index >= 15 is 0 Å². The molecule has 24 heavy (non-hydrogen) atoms. The monoisotopic (exact) mass is 328 g/mol. The Morgan fingerprint density at radius 3 is 2.46 bits per heavy atom. The molecule has 0 aliphatic carbocycles. The lowest BCUT2D eigenvalue weighted by atomic mass is 10.00. The number of guanidine groups is 1. The lowest BCUT2D eigenvalue weighted by molar-refractivity contribution is 0.391. The molecule has 1 atom stereocenters. The average molecular weight is 328 g/mol. The first kappa shape index (κ1) is 18.0. The first-order chi connectivity index (χ1) is 11.4. The summed E-state index contributed by atoms with van der Waals surface area (Å²) in [7, 11) is 3.87. The van der Waals surface area contributed by atoms with Crippen molar-refractivity contribution in [2.75, 3.05) is 20.6 Å². The molecule has 130 valence electrons. The van der Waals surface area contributed by atoms with Crippen molar-refractivity contribution in [2.45, 2.75) is 40.2 Å². The Labute approximate surface area is 144 Å². The van der Waals surface area contributed by atoms with Gasteiger partial charge in [0.1, 0.15) is 5.76 Å². The van der Waals surface area contributed by atoms with Crippen LogP contribution in [0.1, 0.15) is 41.0 Å². The predicted molar refractivity (Wildman–Crippen MR) is 98.4 cm³/mol. The van der Waals surface area contributed by atoms with Crippen LogP contribution in [-0.2, 0) is 6.54 Å². The number of aliphatic imine (C=N–C) groups is 1. The maximum Gasteiger partial charge on any atom is 0.193 e. The Kier molecular flexibility index (Phi) is 6.01. The van der Waals surface area contributed by atoms with E-state index in [2.05, 4.69) is 65.5 Å². The van der Waals surface area contributed by atoms with Crippen molar-refractivity contribution in [3.05, 3.63) is 52.4 Å². The minimum atomic E-state index is 0.306. The Morgan fingerprint density at radius 2 is 1.92 bits per heavy atom. The second-order valence-corrected chi connectivity index (χ2v) is 6.41. The van der Waals surface area contributed by atoms with Crippen molar-refractivity contribution < 1.29 is 4.52 Å². The van der Waals surface area contributed by atoms with Gasteiger partial charge >= 0.3 is 0 Å². The molecule has 1 aromatic carbocycles. The van der Waals surface area contributed by atoms with Gasteiger partial charge in [-0.05, 0) is 26.3 Å². The van der Waals surface area contributed by atoms with Crippen LogP contribution in [0.15, 0.2) is 33.8 Å². The minimum Gasteiger partial charge on any atom is -0.361 e. The summed E-state index contributed by atoms with van der Waals surface area (Å²) in [6.45, 7) is 9.83. The smallest absolute Gasteiger partial charge is 0.193 e. The van der Waals surface area contributed by atoms with Gasteiger partial charge in [0.2, 0.25) is 0 Å². The molecule has 0 amide bonds. The molecular weight excluding hydrogens is 300 g/mol. The van der Waals surface area contributed by atoms with Gasteiger partial charge in [-0.25, -0.2) is 0 Å². The van der Waals surface area contributed by atoms with Crippen LogP contribution in [-0.4, -0.2) is 36.7 Å². The lowest BCUT2D eigenvalue weighted by Gasteiger charge is -2.23. The Hall–Kier alpha value is -2.30. The van der Waals surface area contributed by atoms with Crippen LogP contribution in [0.3, 0.4) is 0 Å². The quantitative estimate of drug-likeness (QED) is 0.675. The molecule has 0 aliphatic heterocycles. The second kappa shape index (κ2) is 7.99. The number of aromatic nitrogens is 1. The van der Waals surface area contributed by atoms with Gasteiger partial charge in [-0.15, -0.1) is 0 Å². The summed E-state index contributed by atoms with van der Waals surface area (Å²) < 4.78 is 5.27. The zero-order valence-corrected chi connectivity index (χ0v) is 15.6. The van der Waals surface area contributed by atoms with E-state index in [9.17, 15) is 0 Å². The third kappa shape index (κ3) is 4.37. The summed E-state index contributed by atoms with van der Waals surface area (Å²) in [6, 6.07) is 8.59. The molecule has 1 aromatic heterocycles. The molecule has 0 bridgehead atoms. The number of nitrogens with zero attached hydrogens (tertiary/aromatic N) is 3. The van der Waals surface area contributed by atoms with Crippen LogP contribution >= 0.6 is 0 Å². The zero-order valence-electron chi connectivity index (χ0n) is 15.6. The second-order valence-electron chi connectivity index (χ2n) is 6.41. The van der Waals surface area contributed by atoms with Gasteiger partial charge in [-0.3, -0.25) is 4.99 Å². The molecule has 0 fully saturated rings. The molecule has 1 heterocycles. The minimum absolute atomic E-state index is 0.306. The molecule has 0 saturated heterocycles. The molecule has 5 heteroatoms. The summed E-state index contributed by atoms with van der Waals surface area (Å²) in [5, 5.41) is 7.49. The Balaban J connectivity index is 1.95. The summed E-state index contributed by atoms with van der Waals surface area (Å²) in [4.78, 5) is 6.52. The normalized spacial score (nSPS) is 13.0. The Morgan fingerprint density at radius 1 is 1.25 bits per heavy atom. The van der Waals surface area contributed by atoms with E-state index < -0.39 is 0 Å². The van der Waals surface area contributed by atoms with Gasteiger partial charge in [0.15, 0.2) is 5.96 Å². The molecule has 0 saturated carbocycles. The summed E-state index contributed by atoms with van der Waals surface area (Å²) in [5.74, 6) is 2.08. The third-order valence-corrected chi connectivity index (χ3v) is 4.26. The summed E-state index contributed by atoms with van der Waals surface area (Å²) in [6.07, 6.45) is 0. The van der Waals surface area contributed by atoms with Crippen LogP contribution in [0.5, 0.6) is 0 Å². The SMILES string of the molecule is CN=C(NCC(C)c1c(C)noc1C)N(C)Cc1ccc(C)cc1. The van der Waals surface area contributed by atoms with Gasteiger partial charge in [0, 0.05) is 38.7 Å². The van der Waals surface area contributed by atoms with E-state index in [-0.39, 0.29) is 0 Å². The van der Waals surface area contributed by atoms with E-state index in [1.807, 2.05) is 20.9 Å². The van der Waals surface area contributed by atoms with Crippen LogP contribution < -0.4 is 5.32 Å². The van der Waals surface area contributed by atoms with Gasteiger partial charge in [0.05, 0.1) is 5.69 Å². The third-order valence-electron chi connectivity index (χ3n) is 4.26. The molecule has 1 N–H and O–H groups in total. The fourth-order valence-corrected chi connectivity index (χ4v) is 2.97. The molecular formula is C19H28N4O. The van der Waals surface area contributed by atoms with E-state index in [0.29, 0.717) is 5.92 Å². The molecule has 5 nitrogen and oxygen atoms in total. The molecule has 1 unspecified atom stereocenters. The topological polar surface area (TPSA) is 53.7 Å². The number of benzene rings is 1. The highest BCUT2D eigenvalue weighted by atomic mass is 16.5. The first-order valence-electron chi connectivity index (χ1n) is 8.32. The highest BCUT2D eigenvalue weighted by Gasteiger charge is 2.17. The molecule has 0 radical (unpaired) electrons. The molecule has 2 rings (SSSR count). The van der Waals surface area contributed by atoms with Crippen molar-refractivity contribution in [3.63, 3.8) is 0 Å². The van der Waals surface area contributed by atoms with Crippen molar-refractivity contribution >= 4 is 5.96 Å². The van der Waals surface area contributed by atoms with Gasteiger partial charge in [0.25, 0.3) is 0 Å². The van der Waals surface area contributed by atoms with Crippen molar-refractivity contribution in [1.82, 2.24) is 15.4 Å². The van der Waals surface area contributed by atoms with Gasteiger partial charge in [-0.1, -0.05) is 41.9 Å². The highest BCUT2D eigenvalue weighted by Crippen LogP contribution is 2.22. The number of nitrogens with one attached hydrogen (secondary N) is 1. The van der Waals surface area contributed by atoms with E-state index in [4.69, 9.17) is 4.52 Å². The highest BCUT2D eigenvalue weighted by molar-refractivity contribution is 5.79. The van der Waals surface area contributed by atoms with E-state index in [1.165, 1.54) is 16.7 Å². The molecule has 2 aromatic rings. The largest absolute Gasteiger partial charge is 0.361 e. The maximum absolute atomic E-state index is 5.27. The van der Waals surface area contributed by atoms with E-state index in [1.54, 1.807) is 0 Å². The first-order valence-corrected chi connectivity index (χ1v) is 8.32. The van der Waals surface area contributed by atoms with Gasteiger partial charge < -0.3 is 14.7 Å². The fraction of sp³-hybridized carbons (Fsp3) is 0.474. The predicted octanol–water partition coefficient (Wildman–Crippen LogP) is 3.41. The van der Waals surface area contributed by atoms with Crippen molar-refractivity contribution in [2.24, 2.45) is 4.99 Å². The fourth-order valence-electron chi connectivity index (χ4n) is 2.97. The van der Waals surface area contributed by atoms with Crippen LogP contribution in [0.2, 0.25) is 0 Å². The molecule has 0 spiro atoms. The number of hydrogen-bond donors (Lipinski definition) is 1. The van der Waals surface area contributed by atoms with Gasteiger partial charge in [-0.2, -0.15) is 0 Å². The van der Waals surface area contributed by atoms with Crippen LogP contribution in [0.25, 0.3) is 0 Å². The van der Waals surface area contributed by atoms with Crippen molar-refractivity contribution in [1.29, 1.82) is 0 Å². The summed E-state index contributed by atoms with van der Waals surface area (Å²) >= 11 is 0. The average Bonchev–Trinajstić information content (AvgIpc) is 2.89. The maximum atomic E-state index is 5.27. The zero-order chi connectivity index (χ0) is 17.7. The van der Waals surface area contributed by atoms with Crippen LogP contribution in [0.4, 0.5) is 0 Å². The van der Waals surface area contributed by atoms with E-state index in [0.717, 1.165) is 30.5 Å². The number of rotatable bonds is 5. The number of hydrogen-bond acceptors (Lipinski definition) is 3. The standard InChI is InChI=1S/C19H28N4O/c1-13-7-9-17(10-8-13)12-23(6)19(20-5)21-11-14(2)18-15(3)22-24-16(18)4/h7-10,14H,11-12H2,1-6H3,(H,20,21).